The van der Waals surface area contributed by atoms with Gasteiger partial charge >= 0.3 is 5.97 Å². The van der Waals surface area contributed by atoms with Crippen molar-refractivity contribution in [2.75, 3.05) is 6.54 Å². The van der Waals surface area contributed by atoms with E-state index in [0.29, 0.717) is 13.1 Å². The van der Waals surface area contributed by atoms with Crippen LogP contribution in [0.5, 0.6) is 0 Å². The molecule has 1 aromatic rings. The number of halogens is 1. The Morgan fingerprint density at radius 2 is 2.18 bits per heavy atom. The average molecular weight is 263 g/mol. The Labute approximate surface area is 107 Å². The highest BCUT2D eigenvalue weighted by Gasteiger charge is 2.20. The van der Waals surface area contributed by atoms with Gasteiger partial charge in [0.1, 0.15) is 5.60 Å². The molecule has 0 radical (unpaired) electrons. The van der Waals surface area contributed by atoms with Gasteiger partial charge in [0.15, 0.2) is 5.69 Å². The van der Waals surface area contributed by atoms with Crippen molar-refractivity contribution >= 4 is 18.4 Å². The number of aryl methyl sites for hydroxylation is 1. The number of nitrogens with zero attached hydrogens (tertiary/aromatic N) is 3. The van der Waals surface area contributed by atoms with Crippen LogP contribution in [-0.4, -0.2) is 33.1 Å². The van der Waals surface area contributed by atoms with E-state index in [4.69, 9.17) is 10.5 Å². The van der Waals surface area contributed by atoms with E-state index in [1.165, 1.54) is 0 Å². The maximum absolute atomic E-state index is 11.6. The van der Waals surface area contributed by atoms with Crippen LogP contribution >= 0.6 is 12.4 Å². The maximum Gasteiger partial charge on any atom is 0.361 e. The Morgan fingerprint density at radius 1 is 1.53 bits per heavy atom. The smallest absolute Gasteiger partial charge is 0.361 e. The fraction of sp³-hybridized carbons (Fsp3) is 0.700. The Bertz CT molecular complexity index is 359. The highest BCUT2D eigenvalue weighted by Crippen LogP contribution is 2.10. The molecule has 0 spiro atoms. The number of rotatable bonds is 4. The number of carbonyl (C=O) groups is 1. The summed E-state index contributed by atoms with van der Waals surface area (Å²) in [6.07, 6.45) is 2.38. The minimum atomic E-state index is -0.516. The van der Waals surface area contributed by atoms with Crippen LogP contribution in [0.3, 0.4) is 0 Å². The molecule has 0 fully saturated rings. The molecule has 0 saturated heterocycles. The maximum atomic E-state index is 11.6. The molecule has 2 N–H and O–H groups in total. The standard InChI is InChI=1S/C10H18N4O2.ClH/c1-10(2,3)16-9(15)8-7-14(13-12-8)6-4-5-11;/h7H,4-6,11H2,1-3H3;1H. The van der Waals surface area contributed by atoms with Gasteiger partial charge in [-0.2, -0.15) is 0 Å². The summed E-state index contributed by atoms with van der Waals surface area (Å²) < 4.78 is 6.75. The van der Waals surface area contributed by atoms with Crippen LogP contribution < -0.4 is 5.73 Å². The van der Waals surface area contributed by atoms with Gasteiger partial charge < -0.3 is 10.5 Å². The summed E-state index contributed by atoms with van der Waals surface area (Å²) in [5, 5.41) is 7.57. The molecule has 0 aliphatic heterocycles. The van der Waals surface area contributed by atoms with Gasteiger partial charge in [0.25, 0.3) is 0 Å². The molecule has 1 aromatic heterocycles. The van der Waals surface area contributed by atoms with Crippen LogP contribution in [0.25, 0.3) is 0 Å². The Balaban J connectivity index is 0.00000256. The van der Waals surface area contributed by atoms with E-state index in [9.17, 15) is 4.79 Å². The SMILES string of the molecule is CC(C)(C)OC(=O)c1cn(CCCN)nn1.Cl. The monoisotopic (exact) mass is 262 g/mol. The van der Waals surface area contributed by atoms with E-state index in [2.05, 4.69) is 10.3 Å². The second-order valence-electron chi connectivity index (χ2n) is 4.51. The first kappa shape index (κ1) is 15.9. The lowest BCUT2D eigenvalue weighted by atomic mass is 10.2. The largest absolute Gasteiger partial charge is 0.455 e. The van der Waals surface area contributed by atoms with Gasteiger partial charge in [-0.25, -0.2) is 4.79 Å². The molecular weight excluding hydrogens is 244 g/mol. The summed E-state index contributed by atoms with van der Waals surface area (Å²) in [6.45, 7) is 6.67. The van der Waals surface area contributed by atoms with Crippen molar-refractivity contribution in [2.45, 2.75) is 39.3 Å². The number of esters is 1. The fourth-order valence-electron chi connectivity index (χ4n) is 1.08. The molecule has 0 atom stereocenters. The third-order valence-electron chi connectivity index (χ3n) is 1.74. The first-order valence-electron chi connectivity index (χ1n) is 5.26. The van der Waals surface area contributed by atoms with Gasteiger partial charge in [0.2, 0.25) is 0 Å². The third-order valence-corrected chi connectivity index (χ3v) is 1.74. The second kappa shape index (κ2) is 6.56. The van der Waals surface area contributed by atoms with E-state index in [1.807, 2.05) is 20.8 Å². The number of hydrogen-bond donors (Lipinski definition) is 1. The molecule has 98 valence electrons. The van der Waals surface area contributed by atoms with Crippen LogP contribution in [0, 0.1) is 0 Å². The van der Waals surface area contributed by atoms with Gasteiger partial charge in [-0.3, -0.25) is 4.68 Å². The third kappa shape index (κ3) is 5.65. The van der Waals surface area contributed by atoms with Crippen LogP contribution in [0.1, 0.15) is 37.7 Å². The lowest BCUT2D eigenvalue weighted by Gasteiger charge is -2.18. The number of ether oxygens (including phenoxy) is 1. The molecule has 1 heterocycles. The quantitative estimate of drug-likeness (QED) is 0.819. The van der Waals surface area contributed by atoms with Crippen LogP contribution in [0.4, 0.5) is 0 Å². The molecule has 0 unspecified atom stereocenters. The minimum Gasteiger partial charge on any atom is -0.455 e. The second-order valence-corrected chi connectivity index (χ2v) is 4.51. The van der Waals surface area contributed by atoms with E-state index >= 15 is 0 Å². The zero-order chi connectivity index (χ0) is 12.2. The van der Waals surface area contributed by atoms with Gasteiger partial charge in [0.05, 0.1) is 6.20 Å². The van der Waals surface area contributed by atoms with Crippen molar-refractivity contribution < 1.29 is 9.53 Å². The first-order valence-corrected chi connectivity index (χ1v) is 5.26. The van der Waals surface area contributed by atoms with Gasteiger partial charge in [-0.15, -0.1) is 17.5 Å². The van der Waals surface area contributed by atoms with Crippen molar-refractivity contribution in [3.63, 3.8) is 0 Å². The fourth-order valence-corrected chi connectivity index (χ4v) is 1.08. The van der Waals surface area contributed by atoms with Crippen molar-refractivity contribution in [1.29, 1.82) is 0 Å². The van der Waals surface area contributed by atoms with Crippen molar-refractivity contribution in [1.82, 2.24) is 15.0 Å². The Kier molecular flexibility index (Phi) is 6.12. The lowest BCUT2D eigenvalue weighted by molar-refractivity contribution is 0.00627. The minimum absolute atomic E-state index is 0. The van der Waals surface area contributed by atoms with E-state index in [0.717, 1.165) is 6.42 Å². The molecule has 0 aromatic carbocycles. The summed E-state index contributed by atoms with van der Waals surface area (Å²) in [5.74, 6) is -0.452. The number of hydrogen-bond acceptors (Lipinski definition) is 5. The van der Waals surface area contributed by atoms with E-state index < -0.39 is 11.6 Å². The van der Waals surface area contributed by atoms with E-state index in [1.54, 1.807) is 10.9 Å². The topological polar surface area (TPSA) is 83.0 Å². The molecular formula is C10H19ClN4O2. The molecule has 0 aliphatic rings. The zero-order valence-corrected chi connectivity index (χ0v) is 11.2. The van der Waals surface area contributed by atoms with Gasteiger partial charge in [-0.1, -0.05) is 5.21 Å². The molecule has 17 heavy (non-hydrogen) atoms. The molecule has 0 bridgehead atoms. The first-order chi connectivity index (χ1) is 7.42. The molecule has 6 nitrogen and oxygen atoms in total. The average Bonchev–Trinajstić information content (AvgIpc) is 2.60. The van der Waals surface area contributed by atoms with Crippen molar-refractivity contribution in [3.8, 4) is 0 Å². The van der Waals surface area contributed by atoms with Gasteiger partial charge in [-0.05, 0) is 33.7 Å². The van der Waals surface area contributed by atoms with Crippen molar-refractivity contribution in [2.24, 2.45) is 5.73 Å². The van der Waals surface area contributed by atoms with Crippen LogP contribution in [0.2, 0.25) is 0 Å². The molecule has 7 heteroatoms. The summed E-state index contributed by atoms with van der Waals surface area (Å²) in [6, 6.07) is 0. The summed E-state index contributed by atoms with van der Waals surface area (Å²) in [7, 11) is 0. The van der Waals surface area contributed by atoms with Crippen LogP contribution in [0.15, 0.2) is 6.20 Å². The Hall–Kier alpha value is -1.14. The summed E-state index contributed by atoms with van der Waals surface area (Å²) >= 11 is 0. The normalized spacial score (nSPS) is 10.8. The summed E-state index contributed by atoms with van der Waals surface area (Å²) in [4.78, 5) is 11.6. The summed E-state index contributed by atoms with van der Waals surface area (Å²) in [5.41, 5.74) is 5.09. The highest BCUT2D eigenvalue weighted by atomic mass is 35.5. The van der Waals surface area contributed by atoms with Gasteiger partial charge in [0, 0.05) is 6.54 Å². The zero-order valence-electron chi connectivity index (χ0n) is 10.3. The predicted molar refractivity (Wildman–Crippen MR) is 66.1 cm³/mol. The molecule has 0 saturated carbocycles. The number of nitrogens with two attached hydrogens (primary N) is 1. The molecule has 0 amide bonds. The number of carbonyl (C=O) groups excluding carboxylic acids is 1. The molecule has 1 rings (SSSR count). The highest BCUT2D eigenvalue weighted by molar-refractivity contribution is 5.87. The Morgan fingerprint density at radius 3 is 2.71 bits per heavy atom. The number of aromatic nitrogens is 3. The van der Waals surface area contributed by atoms with Crippen LogP contribution in [-0.2, 0) is 11.3 Å². The lowest BCUT2D eigenvalue weighted by Crippen LogP contribution is -2.24. The predicted octanol–water partition coefficient (Wildman–Crippen LogP) is 1.00. The van der Waals surface area contributed by atoms with E-state index in [-0.39, 0.29) is 18.1 Å². The molecule has 0 aliphatic carbocycles. The van der Waals surface area contributed by atoms with Crippen molar-refractivity contribution in [3.05, 3.63) is 11.9 Å².